The summed E-state index contributed by atoms with van der Waals surface area (Å²) in [5.41, 5.74) is 1.77. The van der Waals surface area contributed by atoms with Gasteiger partial charge in [0, 0.05) is 19.1 Å². The molecular weight excluding hydrogens is 364 g/mol. The molecule has 0 bridgehead atoms. The molecule has 27 heavy (non-hydrogen) atoms. The minimum Gasteiger partial charge on any atom is -0.445 e. The Bertz CT molecular complexity index is 818. The smallest absolute Gasteiger partial charge is 0.410 e. The second kappa shape index (κ2) is 8.81. The van der Waals surface area contributed by atoms with E-state index in [-0.39, 0.29) is 36.9 Å². The molecule has 0 spiro atoms. The molecule has 1 atom stereocenters. The fourth-order valence-electron chi connectivity index (χ4n) is 2.97. The molecule has 1 aromatic heterocycles. The number of ether oxygens (including phenoxy) is 1. The lowest BCUT2D eigenvalue weighted by molar-refractivity contribution is -0.121. The number of nitrogens with zero attached hydrogens (tertiary/aromatic N) is 1. The molecule has 6 nitrogen and oxygen atoms in total. The molecule has 1 N–H and O–H groups in total. The third-order valence-electron chi connectivity index (χ3n) is 4.38. The number of hydrogen-bond donors (Lipinski definition) is 1. The minimum atomic E-state index is -0.362. The molecule has 0 aliphatic carbocycles. The highest BCUT2D eigenvalue weighted by Crippen LogP contribution is 2.16. The molecule has 7 heteroatoms. The summed E-state index contributed by atoms with van der Waals surface area (Å²) in [5, 5.41) is 4.79. The predicted octanol–water partition coefficient (Wildman–Crippen LogP) is 3.02. The van der Waals surface area contributed by atoms with E-state index in [4.69, 9.17) is 4.74 Å². The molecule has 1 aromatic carbocycles. The molecular formula is C20H22N2O4S. The van der Waals surface area contributed by atoms with Crippen LogP contribution >= 0.6 is 11.3 Å². The fraction of sp³-hybridized carbons (Fsp3) is 0.350. The molecule has 2 aromatic rings. The van der Waals surface area contributed by atoms with Crippen molar-refractivity contribution in [2.45, 2.75) is 32.4 Å². The average Bonchev–Trinajstić information content (AvgIpc) is 3.30. The number of carbonyl (C=O) groups excluding carboxylic acids is 3. The Morgan fingerprint density at radius 1 is 1.22 bits per heavy atom. The first-order valence-electron chi connectivity index (χ1n) is 8.84. The van der Waals surface area contributed by atoms with Gasteiger partial charge in [-0.25, -0.2) is 4.79 Å². The molecule has 1 aliphatic rings. The molecule has 1 unspecified atom stereocenters. The minimum absolute atomic E-state index is 0.00658. The van der Waals surface area contributed by atoms with Gasteiger partial charge in [-0.3, -0.25) is 9.59 Å². The van der Waals surface area contributed by atoms with E-state index >= 15 is 0 Å². The second-order valence-corrected chi connectivity index (χ2v) is 7.50. The topological polar surface area (TPSA) is 75.7 Å². The highest BCUT2D eigenvalue weighted by Gasteiger charge is 2.28. The van der Waals surface area contributed by atoms with Crippen LogP contribution in [0.15, 0.2) is 41.8 Å². The van der Waals surface area contributed by atoms with Crippen molar-refractivity contribution >= 4 is 29.1 Å². The number of Topliss-reactive ketones (excluding diaryl/α,β-unsaturated/α-hetero) is 1. The first-order chi connectivity index (χ1) is 13.0. The van der Waals surface area contributed by atoms with Gasteiger partial charge < -0.3 is 15.0 Å². The maximum atomic E-state index is 12.2. The van der Waals surface area contributed by atoms with E-state index in [1.165, 1.54) is 18.3 Å². The summed E-state index contributed by atoms with van der Waals surface area (Å²) in [6.45, 7) is 2.76. The van der Waals surface area contributed by atoms with Gasteiger partial charge in [-0.05, 0) is 35.9 Å². The molecule has 3 rings (SSSR count). The number of thiophene rings is 1. The maximum absolute atomic E-state index is 12.2. The van der Waals surface area contributed by atoms with Crippen molar-refractivity contribution in [2.75, 3.05) is 13.1 Å². The van der Waals surface area contributed by atoms with E-state index < -0.39 is 0 Å². The van der Waals surface area contributed by atoms with E-state index in [9.17, 15) is 14.4 Å². The zero-order valence-corrected chi connectivity index (χ0v) is 16.0. The Morgan fingerprint density at radius 3 is 2.70 bits per heavy atom. The van der Waals surface area contributed by atoms with Crippen LogP contribution in [0.25, 0.3) is 0 Å². The van der Waals surface area contributed by atoms with Crippen LogP contribution in [0.5, 0.6) is 0 Å². The first kappa shape index (κ1) is 19.1. The quantitative estimate of drug-likeness (QED) is 0.775. The van der Waals surface area contributed by atoms with Gasteiger partial charge in [-0.15, -0.1) is 11.3 Å². The summed E-state index contributed by atoms with van der Waals surface area (Å²) in [6, 6.07) is 11.2. The van der Waals surface area contributed by atoms with E-state index in [0.717, 1.165) is 11.1 Å². The third-order valence-corrected chi connectivity index (χ3v) is 5.46. The highest BCUT2D eigenvalue weighted by atomic mass is 32.1. The van der Waals surface area contributed by atoms with Gasteiger partial charge in [0.05, 0.1) is 11.3 Å². The Hall–Kier alpha value is -2.67. The van der Waals surface area contributed by atoms with Crippen LogP contribution in [0.3, 0.4) is 0 Å². The monoisotopic (exact) mass is 386 g/mol. The summed E-state index contributed by atoms with van der Waals surface area (Å²) in [4.78, 5) is 38.0. The average molecular weight is 386 g/mol. The van der Waals surface area contributed by atoms with Crippen LogP contribution in [-0.2, 0) is 22.6 Å². The second-order valence-electron chi connectivity index (χ2n) is 6.59. The third kappa shape index (κ3) is 5.40. The summed E-state index contributed by atoms with van der Waals surface area (Å²) in [7, 11) is 0. The molecule has 2 heterocycles. The Balaban J connectivity index is 1.42. The Kier molecular flexibility index (Phi) is 6.24. The molecule has 1 fully saturated rings. The van der Waals surface area contributed by atoms with E-state index in [0.29, 0.717) is 24.4 Å². The number of rotatable bonds is 6. The van der Waals surface area contributed by atoms with Gasteiger partial charge in [0.15, 0.2) is 5.78 Å². The predicted molar refractivity (Wildman–Crippen MR) is 103 cm³/mol. The van der Waals surface area contributed by atoms with Gasteiger partial charge in [-0.2, -0.15) is 0 Å². The van der Waals surface area contributed by atoms with E-state index in [1.54, 1.807) is 11.0 Å². The molecule has 142 valence electrons. The van der Waals surface area contributed by atoms with Crippen LogP contribution in [-0.4, -0.2) is 41.8 Å². The van der Waals surface area contributed by atoms with Crippen molar-refractivity contribution < 1.29 is 19.1 Å². The number of amides is 2. The van der Waals surface area contributed by atoms with Crippen molar-refractivity contribution in [3.8, 4) is 0 Å². The summed E-state index contributed by atoms with van der Waals surface area (Å²) in [5.74, 6) is -0.0977. The van der Waals surface area contributed by atoms with Crippen LogP contribution < -0.4 is 5.32 Å². The van der Waals surface area contributed by atoms with Gasteiger partial charge in [0.1, 0.15) is 6.61 Å². The SMILES string of the molecule is CC(=O)c1cc(CC(=O)NC2CCN(C(=O)OCc3ccccc3)C2)cs1. The lowest BCUT2D eigenvalue weighted by Gasteiger charge is -2.17. The Morgan fingerprint density at radius 2 is 2.00 bits per heavy atom. The van der Waals surface area contributed by atoms with Crippen molar-refractivity contribution in [1.82, 2.24) is 10.2 Å². The lowest BCUT2D eigenvalue weighted by Crippen LogP contribution is -2.39. The van der Waals surface area contributed by atoms with E-state index in [1.807, 2.05) is 35.7 Å². The van der Waals surface area contributed by atoms with Gasteiger partial charge in [0.25, 0.3) is 0 Å². The number of ketones is 1. The van der Waals surface area contributed by atoms with Gasteiger partial charge in [-0.1, -0.05) is 30.3 Å². The summed E-state index contributed by atoms with van der Waals surface area (Å²) < 4.78 is 5.33. The number of nitrogens with one attached hydrogen (secondary N) is 1. The van der Waals surface area contributed by atoms with Crippen LogP contribution in [0.4, 0.5) is 4.79 Å². The van der Waals surface area contributed by atoms with Crippen molar-refractivity contribution in [1.29, 1.82) is 0 Å². The maximum Gasteiger partial charge on any atom is 0.410 e. The molecule has 1 saturated heterocycles. The van der Waals surface area contributed by atoms with Gasteiger partial charge >= 0.3 is 6.09 Å². The molecule has 2 amide bonds. The zero-order valence-electron chi connectivity index (χ0n) is 15.1. The zero-order chi connectivity index (χ0) is 19.2. The van der Waals surface area contributed by atoms with Gasteiger partial charge in [0.2, 0.25) is 5.91 Å². The van der Waals surface area contributed by atoms with Crippen molar-refractivity contribution in [2.24, 2.45) is 0 Å². The fourth-order valence-corrected chi connectivity index (χ4v) is 3.79. The van der Waals surface area contributed by atoms with Crippen LogP contribution in [0, 0.1) is 0 Å². The largest absolute Gasteiger partial charge is 0.445 e. The highest BCUT2D eigenvalue weighted by molar-refractivity contribution is 7.12. The molecule has 0 saturated carbocycles. The Labute approximate surface area is 162 Å². The number of likely N-dealkylation sites (tertiary alicyclic amines) is 1. The summed E-state index contributed by atoms with van der Waals surface area (Å²) in [6.07, 6.45) is 0.576. The number of hydrogen-bond acceptors (Lipinski definition) is 5. The van der Waals surface area contributed by atoms with Crippen LogP contribution in [0.1, 0.15) is 34.1 Å². The first-order valence-corrected chi connectivity index (χ1v) is 9.72. The van der Waals surface area contributed by atoms with Crippen molar-refractivity contribution in [3.63, 3.8) is 0 Å². The van der Waals surface area contributed by atoms with E-state index in [2.05, 4.69) is 5.32 Å². The van der Waals surface area contributed by atoms with Crippen molar-refractivity contribution in [3.05, 3.63) is 57.8 Å². The normalized spacial score (nSPS) is 16.2. The van der Waals surface area contributed by atoms with Crippen LogP contribution in [0.2, 0.25) is 0 Å². The molecule has 0 radical (unpaired) electrons. The lowest BCUT2D eigenvalue weighted by atomic mass is 10.2. The molecule has 1 aliphatic heterocycles. The summed E-state index contributed by atoms with van der Waals surface area (Å²) >= 11 is 1.35. The number of benzene rings is 1. The number of carbonyl (C=O) groups is 3. The standard InChI is InChI=1S/C20H22N2O4S/c1-14(23)18-9-16(13-27-18)10-19(24)21-17-7-8-22(11-17)20(25)26-12-15-5-3-2-4-6-15/h2-6,9,13,17H,7-8,10-12H2,1H3,(H,21,24).